The molecule has 3 N–H and O–H groups in total. The van der Waals surface area contributed by atoms with Crippen LogP contribution in [-0.2, 0) is 17.6 Å². The zero-order valence-corrected chi connectivity index (χ0v) is 22.9. The van der Waals surface area contributed by atoms with E-state index >= 15 is 0 Å². The monoisotopic (exact) mass is 550 g/mol. The Kier molecular flexibility index (Phi) is 8.10. The number of fused-ring (bicyclic) bond motifs is 1. The summed E-state index contributed by atoms with van der Waals surface area (Å²) in [5.41, 5.74) is 6.38. The number of halogens is 1. The Hall–Kier alpha value is -4.98. The van der Waals surface area contributed by atoms with Gasteiger partial charge in [0.25, 0.3) is 5.91 Å². The zero-order valence-electron chi connectivity index (χ0n) is 22.9. The van der Waals surface area contributed by atoms with Crippen LogP contribution >= 0.6 is 0 Å². The molecule has 5 aromatic rings. The van der Waals surface area contributed by atoms with Crippen LogP contribution in [-0.4, -0.2) is 26.4 Å². The fourth-order valence-electron chi connectivity index (χ4n) is 4.99. The predicted molar refractivity (Wildman–Crippen MR) is 157 cm³/mol. The Morgan fingerprint density at radius 2 is 1.61 bits per heavy atom. The van der Waals surface area contributed by atoms with E-state index in [0.29, 0.717) is 23.2 Å². The SMILES string of the molecule is Cc1cccc(C)c1Nc1c(CCc2ccccc2)nc2c(C(=O)NC(CC(=O)O)c3ccc(F)cc3)cccn12. The summed E-state index contributed by atoms with van der Waals surface area (Å²) in [5.74, 6) is -1.22. The number of hydrogen-bond donors (Lipinski definition) is 3. The van der Waals surface area contributed by atoms with Gasteiger partial charge in [-0.2, -0.15) is 0 Å². The van der Waals surface area contributed by atoms with E-state index in [2.05, 4.69) is 22.8 Å². The summed E-state index contributed by atoms with van der Waals surface area (Å²) < 4.78 is 15.4. The molecule has 1 amide bonds. The quantitative estimate of drug-likeness (QED) is 0.183. The predicted octanol–water partition coefficient (Wildman–Crippen LogP) is 6.56. The number of aromatic nitrogens is 2. The van der Waals surface area contributed by atoms with Crippen LogP contribution in [0.25, 0.3) is 5.65 Å². The molecule has 0 saturated heterocycles. The summed E-state index contributed by atoms with van der Waals surface area (Å²) in [4.78, 5) is 30.1. The number of nitrogens with one attached hydrogen (secondary N) is 2. The number of aryl methyl sites for hydroxylation is 4. The lowest BCUT2D eigenvalue weighted by Gasteiger charge is -2.18. The third kappa shape index (κ3) is 6.27. The number of carbonyl (C=O) groups excluding carboxylic acids is 1. The lowest BCUT2D eigenvalue weighted by molar-refractivity contribution is -0.137. The molecule has 8 heteroatoms. The number of amides is 1. The number of aliphatic carboxylic acids is 1. The van der Waals surface area contributed by atoms with E-state index in [1.165, 1.54) is 29.8 Å². The van der Waals surface area contributed by atoms with Crippen molar-refractivity contribution in [3.05, 3.63) is 130 Å². The van der Waals surface area contributed by atoms with E-state index in [9.17, 15) is 19.1 Å². The van der Waals surface area contributed by atoms with Gasteiger partial charge in [-0.15, -0.1) is 0 Å². The molecule has 1 atom stereocenters. The maximum absolute atomic E-state index is 13.6. The fourth-order valence-corrected chi connectivity index (χ4v) is 4.99. The van der Waals surface area contributed by atoms with Crippen molar-refractivity contribution < 1.29 is 19.1 Å². The zero-order chi connectivity index (χ0) is 28.9. The topological polar surface area (TPSA) is 95.7 Å². The first-order valence-corrected chi connectivity index (χ1v) is 13.5. The van der Waals surface area contributed by atoms with Gasteiger partial charge in [-0.3, -0.25) is 14.0 Å². The second-order valence-corrected chi connectivity index (χ2v) is 10.1. The van der Waals surface area contributed by atoms with Crippen molar-refractivity contribution in [1.29, 1.82) is 0 Å². The van der Waals surface area contributed by atoms with Crippen LogP contribution < -0.4 is 10.6 Å². The average Bonchev–Trinajstić information content (AvgIpc) is 3.31. The second kappa shape index (κ2) is 12.0. The molecule has 7 nitrogen and oxygen atoms in total. The first-order chi connectivity index (χ1) is 19.8. The molecule has 1 unspecified atom stereocenters. The normalized spacial score (nSPS) is 11.8. The Morgan fingerprint density at radius 1 is 0.902 bits per heavy atom. The standard InChI is InChI=1S/C33H31FN4O3/c1-21-8-6-9-22(2)30(21)37-32-27(18-13-23-10-4-3-5-11-23)35-31-26(12-7-19-38(31)32)33(41)36-28(20-29(39)40)24-14-16-25(34)17-15-24/h3-12,14-17,19,28,37H,13,18,20H2,1-2H3,(H,36,41)(H,39,40). The highest BCUT2D eigenvalue weighted by Crippen LogP contribution is 2.30. The third-order valence-electron chi connectivity index (χ3n) is 7.14. The molecule has 208 valence electrons. The number of anilines is 2. The van der Waals surface area contributed by atoms with E-state index < -0.39 is 23.7 Å². The van der Waals surface area contributed by atoms with Crippen molar-refractivity contribution in [1.82, 2.24) is 14.7 Å². The minimum atomic E-state index is -1.08. The molecule has 41 heavy (non-hydrogen) atoms. The van der Waals surface area contributed by atoms with E-state index in [0.717, 1.165) is 34.7 Å². The number of carbonyl (C=O) groups is 2. The smallest absolute Gasteiger partial charge is 0.305 e. The Bertz CT molecular complexity index is 1680. The highest BCUT2D eigenvalue weighted by molar-refractivity contribution is 6.00. The van der Waals surface area contributed by atoms with Gasteiger partial charge in [-0.25, -0.2) is 9.37 Å². The number of hydrogen-bond acceptors (Lipinski definition) is 4. The van der Waals surface area contributed by atoms with E-state index in [-0.39, 0.29) is 6.42 Å². The van der Waals surface area contributed by atoms with Crippen molar-refractivity contribution in [3.8, 4) is 0 Å². The third-order valence-corrected chi connectivity index (χ3v) is 7.14. The van der Waals surface area contributed by atoms with Gasteiger partial charge in [-0.1, -0.05) is 60.7 Å². The van der Waals surface area contributed by atoms with Crippen molar-refractivity contribution in [2.45, 2.75) is 39.2 Å². The summed E-state index contributed by atoms with van der Waals surface area (Å²) in [7, 11) is 0. The molecule has 0 aliphatic heterocycles. The lowest BCUT2D eigenvalue weighted by Crippen LogP contribution is -2.30. The highest BCUT2D eigenvalue weighted by atomic mass is 19.1. The average molecular weight is 551 g/mol. The van der Waals surface area contributed by atoms with Crippen LogP contribution in [0.4, 0.5) is 15.9 Å². The van der Waals surface area contributed by atoms with Gasteiger partial charge in [0.1, 0.15) is 11.6 Å². The van der Waals surface area contributed by atoms with Crippen LogP contribution in [0.1, 0.15) is 50.8 Å². The van der Waals surface area contributed by atoms with Crippen molar-refractivity contribution in [2.24, 2.45) is 0 Å². The van der Waals surface area contributed by atoms with Gasteiger partial charge in [0.15, 0.2) is 5.65 Å². The Balaban J connectivity index is 1.54. The number of nitrogens with zero attached hydrogens (tertiary/aromatic N) is 2. The molecular formula is C33H31FN4O3. The van der Waals surface area contributed by atoms with Crippen LogP contribution in [0.5, 0.6) is 0 Å². The van der Waals surface area contributed by atoms with Crippen molar-refractivity contribution in [3.63, 3.8) is 0 Å². The Morgan fingerprint density at radius 3 is 2.29 bits per heavy atom. The number of benzene rings is 3. The number of pyridine rings is 1. The van der Waals surface area contributed by atoms with Gasteiger partial charge in [-0.05, 0) is 73.2 Å². The maximum atomic E-state index is 13.6. The van der Waals surface area contributed by atoms with Gasteiger partial charge < -0.3 is 15.7 Å². The Labute approximate surface area is 237 Å². The summed E-state index contributed by atoms with van der Waals surface area (Å²) in [6, 6.07) is 24.3. The van der Waals surface area contributed by atoms with Gasteiger partial charge in [0.05, 0.1) is 23.7 Å². The second-order valence-electron chi connectivity index (χ2n) is 10.1. The number of carboxylic acid groups (broad SMARTS) is 1. The van der Waals surface area contributed by atoms with Crippen LogP contribution in [0.2, 0.25) is 0 Å². The summed E-state index contributed by atoms with van der Waals surface area (Å²) >= 11 is 0. The van der Waals surface area contributed by atoms with Crippen molar-refractivity contribution in [2.75, 3.05) is 5.32 Å². The molecule has 5 rings (SSSR count). The molecule has 0 saturated carbocycles. The number of rotatable bonds is 10. The van der Waals surface area contributed by atoms with E-state index in [4.69, 9.17) is 4.98 Å². The van der Waals surface area contributed by atoms with Gasteiger partial charge in [0.2, 0.25) is 0 Å². The maximum Gasteiger partial charge on any atom is 0.305 e. The molecule has 0 bridgehead atoms. The number of carboxylic acids is 1. The molecule has 0 radical (unpaired) electrons. The molecule has 0 fully saturated rings. The van der Waals surface area contributed by atoms with Crippen molar-refractivity contribution >= 4 is 29.0 Å². The first-order valence-electron chi connectivity index (χ1n) is 13.5. The molecule has 0 aliphatic carbocycles. The molecule has 0 aliphatic rings. The van der Waals surface area contributed by atoms with Crippen LogP contribution in [0.3, 0.4) is 0 Å². The summed E-state index contributed by atoms with van der Waals surface area (Å²) in [6.07, 6.45) is 2.91. The largest absolute Gasteiger partial charge is 0.481 e. The summed E-state index contributed by atoms with van der Waals surface area (Å²) in [6.45, 7) is 4.08. The molecule has 3 aromatic carbocycles. The van der Waals surface area contributed by atoms with E-state index in [1.807, 2.05) is 60.8 Å². The van der Waals surface area contributed by atoms with Crippen LogP contribution in [0.15, 0.2) is 91.1 Å². The van der Waals surface area contributed by atoms with Gasteiger partial charge >= 0.3 is 5.97 Å². The van der Waals surface area contributed by atoms with E-state index in [1.54, 1.807) is 12.1 Å². The molecule has 2 aromatic heterocycles. The minimum absolute atomic E-state index is 0.306. The summed E-state index contributed by atoms with van der Waals surface area (Å²) in [5, 5.41) is 15.9. The van der Waals surface area contributed by atoms with Gasteiger partial charge in [0, 0.05) is 11.9 Å². The highest BCUT2D eigenvalue weighted by Gasteiger charge is 2.23. The first kappa shape index (κ1) is 27.6. The molecule has 2 heterocycles. The fraction of sp³-hybridized carbons (Fsp3) is 0.182. The van der Waals surface area contributed by atoms with Crippen LogP contribution in [0, 0.1) is 19.7 Å². The number of para-hydroxylation sites is 1. The lowest BCUT2D eigenvalue weighted by atomic mass is 10.0. The molecular weight excluding hydrogens is 519 g/mol. The minimum Gasteiger partial charge on any atom is -0.481 e. The number of imidazole rings is 1. The molecule has 0 spiro atoms.